The molecule has 34 heavy (non-hydrogen) atoms. The minimum Gasteiger partial charge on any atom is -0.322 e. The highest BCUT2D eigenvalue weighted by Gasteiger charge is 2.23. The van der Waals surface area contributed by atoms with E-state index in [9.17, 15) is 14.9 Å². The molecule has 1 amide bonds. The van der Waals surface area contributed by atoms with Crippen LogP contribution >= 0.6 is 0 Å². The number of fused-ring (bicyclic) bond motifs is 3. The summed E-state index contributed by atoms with van der Waals surface area (Å²) in [5, 5.41) is 17.9. The van der Waals surface area contributed by atoms with Gasteiger partial charge in [0, 0.05) is 42.4 Å². The molecule has 0 unspecified atom stereocenters. The maximum absolute atomic E-state index is 13.5. The van der Waals surface area contributed by atoms with Crippen LogP contribution in [0.15, 0.2) is 71.9 Å². The molecule has 1 N–H and O–H groups in total. The lowest BCUT2D eigenvalue weighted by Crippen LogP contribution is -2.19. The van der Waals surface area contributed by atoms with Gasteiger partial charge >= 0.3 is 0 Å². The number of nitriles is 1. The molecule has 0 aliphatic heterocycles. The number of amides is 1. The van der Waals surface area contributed by atoms with E-state index in [1.165, 1.54) is 0 Å². The molecule has 0 atom stereocenters. The first-order valence-electron chi connectivity index (χ1n) is 11.0. The number of nitrogens with one attached hydrogen (secondary N) is 1. The first-order chi connectivity index (χ1) is 16.5. The maximum Gasteiger partial charge on any atom is 0.275 e. The number of pyridine rings is 1. The van der Waals surface area contributed by atoms with Crippen molar-refractivity contribution in [2.75, 3.05) is 5.32 Å². The van der Waals surface area contributed by atoms with Crippen molar-refractivity contribution >= 4 is 33.4 Å². The summed E-state index contributed by atoms with van der Waals surface area (Å²) in [4.78, 5) is 27.0. The van der Waals surface area contributed by atoms with E-state index in [0.717, 1.165) is 23.9 Å². The Morgan fingerprint density at radius 3 is 2.76 bits per heavy atom. The fraction of sp³-hybridized carbons (Fsp3) is 0.154. The third-order valence-corrected chi connectivity index (χ3v) is 5.89. The second-order valence-corrected chi connectivity index (χ2v) is 8.13. The Balaban J connectivity index is 1.76. The fourth-order valence-electron chi connectivity index (χ4n) is 4.30. The molecule has 8 nitrogen and oxygen atoms in total. The van der Waals surface area contributed by atoms with Crippen LogP contribution in [0.2, 0.25) is 0 Å². The van der Waals surface area contributed by atoms with Crippen molar-refractivity contribution in [2.45, 2.75) is 19.9 Å². The summed E-state index contributed by atoms with van der Waals surface area (Å²) in [6.07, 6.45) is 6.18. The van der Waals surface area contributed by atoms with Crippen molar-refractivity contribution < 1.29 is 4.79 Å². The first-order valence-corrected chi connectivity index (χ1v) is 11.0. The number of carbonyl (C=O) groups excluding carboxylic acids is 1. The van der Waals surface area contributed by atoms with Gasteiger partial charge < -0.3 is 14.5 Å². The topological polar surface area (TPSA) is 97.6 Å². The summed E-state index contributed by atoms with van der Waals surface area (Å²) in [6, 6.07) is 16.3. The smallest absolute Gasteiger partial charge is 0.275 e. The minimum absolute atomic E-state index is 0.206. The van der Waals surface area contributed by atoms with Gasteiger partial charge in [0.15, 0.2) is 0 Å². The highest BCUT2D eigenvalue weighted by molar-refractivity contribution is 6.20. The molecule has 0 spiro atoms. The van der Waals surface area contributed by atoms with E-state index in [2.05, 4.69) is 23.4 Å². The molecular weight excluding hydrogens is 428 g/mol. The molecule has 5 rings (SSSR count). The Morgan fingerprint density at radius 2 is 1.97 bits per heavy atom. The average Bonchev–Trinajstić information content (AvgIpc) is 3.48. The average molecular weight is 451 g/mol. The third-order valence-electron chi connectivity index (χ3n) is 5.89. The van der Waals surface area contributed by atoms with Gasteiger partial charge in [0.1, 0.15) is 5.52 Å². The number of hydrogen-bond donors (Lipinski definition) is 1. The number of rotatable bonds is 5. The number of aryl methyl sites for hydroxylation is 2. The molecule has 168 valence electrons. The molecule has 0 aliphatic rings. The lowest BCUT2D eigenvalue weighted by Gasteiger charge is -2.09. The quantitative estimate of drug-likeness (QED) is 0.434. The van der Waals surface area contributed by atoms with Crippen LogP contribution in [0.25, 0.3) is 27.5 Å². The Morgan fingerprint density at radius 1 is 1.15 bits per heavy atom. The van der Waals surface area contributed by atoms with Gasteiger partial charge in [-0.15, -0.1) is 0 Å². The lowest BCUT2D eigenvalue weighted by molar-refractivity contribution is 0.102. The molecule has 0 saturated carbocycles. The van der Waals surface area contributed by atoms with Gasteiger partial charge in [0.2, 0.25) is 0 Å². The van der Waals surface area contributed by atoms with Crippen molar-refractivity contribution in [3.63, 3.8) is 0 Å². The maximum atomic E-state index is 13.5. The van der Waals surface area contributed by atoms with Crippen LogP contribution in [-0.4, -0.2) is 24.8 Å². The summed E-state index contributed by atoms with van der Waals surface area (Å²) in [6.45, 7) is 2.82. The second kappa shape index (κ2) is 8.37. The van der Waals surface area contributed by atoms with Crippen molar-refractivity contribution in [3.8, 4) is 11.8 Å². The fourth-order valence-corrected chi connectivity index (χ4v) is 4.30. The summed E-state index contributed by atoms with van der Waals surface area (Å²) in [5.74, 6) is -0.363. The summed E-state index contributed by atoms with van der Waals surface area (Å²) in [7, 11) is 1.73. The highest BCUT2D eigenvalue weighted by atomic mass is 16.2. The molecule has 0 aliphatic carbocycles. The van der Waals surface area contributed by atoms with Crippen LogP contribution in [0.3, 0.4) is 0 Å². The zero-order chi connectivity index (χ0) is 23.8. The first kappa shape index (κ1) is 21.2. The normalized spacial score (nSPS) is 11.1. The lowest BCUT2D eigenvalue weighted by atomic mass is 10.1. The van der Waals surface area contributed by atoms with Gasteiger partial charge in [-0.3, -0.25) is 14.3 Å². The standard InChI is InChI=1S/C26H22N6O2/c1-3-11-31-15-19(14-28-31)32-16-21(25(33)29-18-8-6-7-17(12-18)13-27)23-20-9-4-5-10-22(20)30(2)26(34)24(23)32/h4-10,12,14-16H,3,11H2,1-2H3,(H,29,33). The van der Waals surface area contributed by atoms with Gasteiger partial charge in [0.25, 0.3) is 11.5 Å². The van der Waals surface area contributed by atoms with Crippen LogP contribution in [0.4, 0.5) is 5.69 Å². The Kier molecular flexibility index (Phi) is 5.22. The molecule has 3 heterocycles. The second-order valence-electron chi connectivity index (χ2n) is 8.13. The van der Waals surface area contributed by atoms with Gasteiger partial charge in [-0.05, 0) is 30.7 Å². The van der Waals surface area contributed by atoms with Crippen LogP contribution in [0.5, 0.6) is 0 Å². The Labute approximate surface area is 195 Å². The van der Waals surface area contributed by atoms with E-state index in [0.29, 0.717) is 33.4 Å². The van der Waals surface area contributed by atoms with Crippen LogP contribution < -0.4 is 10.9 Å². The van der Waals surface area contributed by atoms with E-state index >= 15 is 0 Å². The summed E-state index contributed by atoms with van der Waals surface area (Å²) in [5.41, 5.74) is 2.97. The monoisotopic (exact) mass is 450 g/mol. The molecule has 8 heteroatoms. The highest BCUT2D eigenvalue weighted by Crippen LogP contribution is 2.30. The Bertz CT molecular complexity index is 1660. The molecule has 0 fully saturated rings. The van der Waals surface area contributed by atoms with E-state index < -0.39 is 0 Å². The van der Waals surface area contributed by atoms with Crippen molar-refractivity contribution in [3.05, 3.63) is 88.6 Å². The number of carbonyl (C=O) groups is 1. The van der Waals surface area contributed by atoms with Crippen molar-refractivity contribution in [1.29, 1.82) is 5.26 Å². The van der Waals surface area contributed by atoms with E-state index in [4.69, 9.17) is 0 Å². The summed E-state index contributed by atoms with van der Waals surface area (Å²) < 4.78 is 5.16. The van der Waals surface area contributed by atoms with Crippen LogP contribution in [0.1, 0.15) is 29.3 Å². The van der Waals surface area contributed by atoms with Crippen molar-refractivity contribution in [1.82, 2.24) is 18.9 Å². The minimum atomic E-state index is -0.363. The van der Waals surface area contributed by atoms with Crippen LogP contribution in [-0.2, 0) is 13.6 Å². The molecule has 5 aromatic rings. The number of nitrogens with zero attached hydrogens (tertiary/aromatic N) is 5. The molecular formula is C26H22N6O2. The van der Waals surface area contributed by atoms with Crippen LogP contribution in [0, 0.1) is 11.3 Å². The largest absolute Gasteiger partial charge is 0.322 e. The molecule has 2 aromatic carbocycles. The zero-order valence-corrected chi connectivity index (χ0v) is 18.8. The molecule has 0 bridgehead atoms. The number of para-hydroxylation sites is 1. The van der Waals surface area contributed by atoms with E-state index in [1.807, 2.05) is 35.1 Å². The van der Waals surface area contributed by atoms with E-state index in [-0.39, 0.29) is 11.5 Å². The third kappa shape index (κ3) is 3.44. The molecule has 0 saturated heterocycles. The SMILES string of the molecule is CCCn1cc(-n2cc(C(=O)Nc3cccc(C#N)c3)c3c4ccccc4n(C)c(=O)c32)cn1. The number of aromatic nitrogens is 4. The summed E-state index contributed by atoms with van der Waals surface area (Å²) >= 11 is 0. The molecule has 3 aromatic heterocycles. The predicted molar refractivity (Wildman–Crippen MR) is 131 cm³/mol. The van der Waals surface area contributed by atoms with Crippen molar-refractivity contribution in [2.24, 2.45) is 7.05 Å². The number of hydrogen-bond acceptors (Lipinski definition) is 4. The number of anilines is 1. The Hall–Kier alpha value is -4.64. The van der Waals surface area contributed by atoms with Gasteiger partial charge in [-0.1, -0.05) is 31.2 Å². The molecule has 0 radical (unpaired) electrons. The van der Waals surface area contributed by atoms with Gasteiger partial charge in [-0.25, -0.2) is 0 Å². The van der Waals surface area contributed by atoms with Gasteiger partial charge in [-0.2, -0.15) is 10.4 Å². The van der Waals surface area contributed by atoms with E-state index in [1.54, 1.807) is 52.8 Å². The van der Waals surface area contributed by atoms with Gasteiger partial charge in [0.05, 0.1) is 34.6 Å². The number of benzene rings is 2. The zero-order valence-electron chi connectivity index (χ0n) is 18.8. The predicted octanol–water partition coefficient (Wildman–Crippen LogP) is 4.21.